The Bertz CT molecular complexity index is 381. The monoisotopic (exact) mass is 248 g/mol. The molecule has 0 aliphatic carbocycles. The first-order chi connectivity index (χ1) is 8.70. The molecule has 2 N–H and O–H groups in total. The van der Waals surface area contributed by atoms with E-state index in [2.05, 4.69) is 24.1 Å². The third-order valence-corrected chi connectivity index (χ3v) is 3.84. The number of piperidine rings is 1. The van der Waals surface area contributed by atoms with Crippen LogP contribution in [0.2, 0.25) is 0 Å². The molecule has 1 heterocycles. The molecule has 100 valence electrons. The third kappa shape index (κ3) is 3.24. The van der Waals surface area contributed by atoms with Crippen LogP contribution in [0.1, 0.15) is 38.3 Å². The second-order valence-corrected chi connectivity index (χ2v) is 5.18. The van der Waals surface area contributed by atoms with Crippen LogP contribution < -0.4 is 5.32 Å². The highest BCUT2D eigenvalue weighted by molar-refractivity contribution is 5.34. The summed E-state index contributed by atoms with van der Waals surface area (Å²) in [5.41, 5.74) is 0.992. The van der Waals surface area contributed by atoms with Crippen molar-refractivity contribution in [2.75, 3.05) is 19.6 Å². The Balaban J connectivity index is 1.95. The predicted molar refractivity (Wildman–Crippen MR) is 74.8 cm³/mol. The van der Waals surface area contributed by atoms with Gasteiger partial charge in [0.2, 0.25) is 0 Å². The van der Waals surface area contributed by atoms with Crippen LogP contribution in [0.3, 0.4) is 0 Å². The third-order valence-electron chi connectivity index (χ3n) is 3.84. The number of hydrogen-bond donors (Lipinski definition) is 2. The van der Waals surface area contributed by atoms with Gasteiger partial charge in [0.05, 0.1) is 0 Å². The molecule has 0 bridgehead atoms. The van der Waals surface area contributed by atoms with Gasteiger partial charge in [-0.1, -0.05) is 25.1 Å². The van der Waals surface area contributed by atoms with Crippen LogP contribution in [0, 0.1) is 0 Å². The fourth-order valence-corrected chi connectivity index (χ4v) is 2.78. The first-order valence-corrected chi connectivity index (χ1v) is 6.97. The number of rotatable bonds is 4. The smallest absolute Gasteiger partial charge is 0.120 e. The summed E-state index contributed by atoms with van der Waals surface area (Å²) >= 11 is 0. The van der Waals surface area contributed by atoms with Gasteiger partial charge in [-0.15, -0.1) is 0 Å². The van der Waals surface area contributed by atoms with E-state index < -0.39 is 0 Å². The van der Waals surface area contributed by atoms with Gasteiger partial charge in [-0.05, 0) is 38.9 Å². The maximum Gasteiger partial charge on any atom is 0.120 e. The molecule has 1 aromatic carbocycles. The second kappa shape index (κ2) is 6.21. The minimum atomic E-state index is 0.202. The van der Waals surface area contributed by atoms with Crippen molar-refractivity contribution < 1.29 is 5.11 Å². The number of hydrogen-bond acceptors (Lipinski definition) is 3. The molecule has 1 fully saturated rings. The summed E-state index contributed by atoms with van der Waals surface area (Å²) in [5, 5.41) is 13.5. The fourth-order valence-electron chi connectivity index (χ4n) is 2.78. The van der Waals surface area contributed by atoms with Gasteiger partial charge in [0.15, 0.2) is 0 Å². The summed E-state index contributed by atoms with van der Waals surface area (Å²) in [6, 6.07) is 8.33. The van der Waals surface area contributed by atoms with Crippen molar-refractivity contribution in [2.24, 2.45) is 0 Å². The standard InChI is InChI=1S/C15H24N2O/c1-3-17-10-6-7-13(11-17)16-12(2)14-8-4-5-9-15(14)18/h4-5,8-9,12-13,16,18H,3,6-7,10-11H2,1-2H3. The van der Waals surface area contributed by atoms with Crippen LogP contribution in [0.4, 0.5) is 0 Å². The summed E-state index contributed by atoms with van der Waals surface area (Å²) in [6.07, 6.45) is 2.49. The summed E-state index contributed by atoms with van der Waals surface area (Å²) in [6.45, 7) is 7.81. The van der Waals surface area contributed by atoms with Crippen LogP contribution in [0.25, 0.3) is 0 Å². The lowest BCUT2D eigenvalue weighted by Gasteiger charge is -2.34. The average Bonchev–Trinajstić information content (AvgIpc) is 2.39. The Labute approximate surface area is 110 Å². The molecular weight excluding hydrogens is 224 g/mol. The molecule has 1 aromatic rings. The van der Waals surface area contributed by atoms with Gasteiger partial charge in [-0.3, -0.25) is 0 Å². The highest BCUT2D eigenvalue weighted by Crippen LogP contribution is 2.24. The van der Waals surface area contributed by atoms with Crippen molar-refractivity contribution in [2.45, 2.75) is 38.8 Å². The summed E-state index contributed by atoms with van der Waals surface area (Å²) < 4.78 is 0. The van der Waals surface area contributed by atoms with Crippen LogP contribution in [0.5, 0.6) is 5.75 Å². The lowest BCUT2D eigenvalue weighted by atomic mass is 10.0. The van der Waals surface area contributed by atoms with E-state index in [1.54, 1.807) is 6.07 Å². The normalized spacial score (nSPS) is 22.9. The van der Waals surface area contributed by atoms with Crippen molar-refractivity contribution in [3.63, 3.8) is 0 Å². The van der Waals surface area contributed by atoms with E-state index in [-0.39, 0.29) is 6.04 Å². The molecule has 0 aromatic heterocycles. The van der Waals surface area contributed by atoms with E-state index in [9.17, 15) is 5.11 Å². The number of phenols is 1. The highest BCUT2D eigenvalue weighted by atomic mass is 16.3. The van der Waals surface area contributed by atoms with Gasteiger partial charge >= 0.3 is 0 Å². The number of likely N-dealkylation sites (tertiary alicyclic amines) is 1. The summed E-state index contributed by atoms with van der Waals surface area (Å²) in [4.78, 5) is 2.48. The number of nitrogens with one attached hydrogen (secondary N) is 1. The molecule has 3 heteroatoms. The zero-order valence-corrected chi connectivity index (χ0v) is 11.4. The Morgan fingerprint density at radius 1 is 1.44 bits per heavy atom. The Morgan fingerprint density at radius 3 is 2.94 bits per heavy atom. The molecular formula is C15H24N2O. The summed E-state index contributed by atoms with van der Waals surface area (Å²) in [5.74, 6) is 0.389. The van der Waals surface area contributed by atoms with E-state index >= 15 is 0 Å². The zero-order chi connectivity index (χ0) is 13.0. The second-order valence-electron chi connectivity index (χ2n) is 5.18. The summed E-state index contributed by atoms with van der Waals surface area (Å²) in [7, 11) is 0. The number of nitrogens with zero attached hydrogens (tertiary/aromatic N) is 1. The highest BCUT2D eigenvalue weighted by Gasteiger charge is 2.21. The van der Waals surface area contributed by atoms with Crippen LogP contribution in [-0.4, -0.2) is 35.7 Å². The maximum absolute atomic E-state index is 9.86. The molecule has 0 radical (unpaired) electrons. The Hall–Kier alpha value is -1.06. The lowest BCUT2D eigenvalue weighted by molar-refractivity contribution is 0.192. The zero-order valence-electron chi connectivity index (χ0n) is 11.4. The molecule has 2 atom stereocenters. The number of benzene rings is 1. The lowest BCUT2D eigenvalue weighted by Crippen LogP contribution is -2.46. The van der Waals surface area contributed by atoms with E-state index in [0.717, 1.165) is 18.7 Å². The number of aromatic hydroxyl groups is 1. The molecule has 0 amide bonds. The van der Waals surface area contributed by atoms with Crippen LogP contribution in [0.15, 0.2) is 24.3 Å². The first-order valence-electron chi connectivity index (χ1n) is 6.97. The van der Waals surface area contributed by atoms with Crippen molar-refractivity contribution in [3.8, 4) is 5.75 Å². The van der Waals surface area contributed by atoms with Gasteiger partial charge in [0.25, 0.3) is 0 Å². The quantitative estimate of drug-likeness (QED) is 0.859. The van der Waals surface area contributed by atoms with Gasteiger partial charge in [-0.2, -0.15) is 0 Å². The van der Waals surface area contributed by atoms with Gasteiger partial charge in [-0.25, -0.2) is 0 Å². The van der Waals surface area contributed by atoms with Crippen LogP contribution in [-0.2, 0) is 0 Å². The average molecular weight is 248 g/mol. The van der Waals surface area contributed by atoms with Crippen molar-refractivity contribution in [1.82, 2.24) is 10.2 Å². The maximum atomic E-state index is 9.86. The van der Waals surface area contributed by atoms with Gasteiger partial charge < -0.3 is 15.3 Å². The SMILES string of the molecule is CCN1CCCC(NC(C)c2ccccc2O)C1. The number of para-hydroxylation sites is 1. The van der Waals surface area contributed by atoms with Crippen molar-refractivity contribution >= 4 is 0 Å². The first kappa shape index (κ1) is 13.4. The fraction of sp³-hybridized carbons (Fsp3) is 0.600. The molecule has 0 saturated carbocycles. The predicted octanol–water partition coefficient (Wildman–Crippen LogP) is 2.53. The molecule has 3 nitrogen and oxygen atoms in total. The molecule has 1 saturated heterocycles. The molecule has 1 aliphatic rings. The largest absolute Gasteiger partial charge is 0.508 e. The Morgan fingerprint density at radius 2 is 2.22 bits per heavy atom. The van der Waals surface area contributed by atoms with Crippen molar-refractivity contribution in [3.05, 3.63) is 29.8 Å². The molecule has 2 unspecified atom stereocenters. The number of likely N-dealkylation sites (N-methyl/N-ethyl adjacent to an activating group) is 1. The topological polar surface area (TPSA) is 35.5 Å². The van der Waals surface area contributed by atoms with E-state index in [0.29, 0.717) is 11.8 Å². The minimum Gasteiger partial charge on any atom is -0.508 e. The number of phenolic OH excluding ortho intramolecular Hbond substituents is 1. The van der Waals surface area contributed by atoms with Crippen LogP contribution >= 0.6 is 0 Å². The van der Waals surface area contributed by atoms with E-state index in [1.165, 1.54) is 19.4 Å². The molecule has 18 heavy (non-hydrogen) atoms. The Kier molecular flexibility index (Phi) is 4.61. The van der Waals surface area contributed by atoms with Crippen molar-refractivity contribution in [1.29, 1.82) is 0 Å². The van der Waals surface area contributed by atoms with Gasteiger partial charge in [0.1, 0.15) is 5.75 Å². The van der Waals surface area contributed by atoms with Gasteiger partial charge in [0, 0.05) is 24.2 Å². The molecule has 2 rings (SSSR count). The molecule has 1 aliphatic heterocycles. The van der Waals surface area contributed by atoms with E-state index in [4.69, 9.17) is 0 Å². The minimum absolute atomic E-state index is 0.202. The van der Waals surface area contributed by atoms with E-state index in [1.807, 2.05) is 18.2 Å². The molecule has 0 spiro atoms.